The third kappa shape index (κ3) is 3.28. The molecule has 0 aliphatic carbocycles. The van der Waals surface area contributed by atoms with Gasteiger partial charge in [0.25, 0.3) is 0 Å². The molecule has 9 heteroatoms. The summed E-state index contributed by atoms with van der Waals surface area (Å²) in [4.78, 5) is 30.9. The number of hydrogen-bond donors (Lipinski definition) is 2. The standard InChI is InChI=1S/C15H11ClN4O4/c16-11-7-20-10(14(21)22)6-17-13(20)12(18-11)19-15(23)24-8-9-4-2-1-3-5-9/h1-7H,8H2,(H,21,22)(H,18,19,23). The average molecular weight is 347 g/mol. The molecule has 3 rings (SSSR count). The summed E-state index contributed by atoms with van der Waals surface area (Å²) in [5, 5.41) is 11.5. The molecule has 122 valence electrons. The van der Waals surface area contributed by atoms with Gasteiger partial charge in [-0.2, -0.15) is 0 Å². The molecule has 2 aromatic heterocycles. The fraction of sp³-hybridized carbons (Fsp3) is 0.0667. The van der Waals surface area contributed by atoms with Crippen LogP contribution in [0.4, 0.5) is 10.6 Å². The summed E-state index contributed by atoms with van der Waals surface area (Å²) in [6, 6.07) is 9.15. The highest BCUT2D eigenvalue weighted by molar-refractivity contribution is 6.29. The molecular formula is C15H11ClN4O4. The molecule has 1 aromatic carbocycles. The Morgan fingerprint density at radius 2 is 2.04 bits per heavy atom. The van der Waals surface area contributed by atoms with Crippen LogP contribution in [0, 0.1) is 0 Å². The lowest BCUT2D eigenvalue weighted by Crippen LogP contribution is -2.16. The number of amides is 1. The van der Waals surface area contributed by atoms with E-state index >= 15 is 0 Å². The smallest absolute Gasteiger partial charge is 0.413 e. The molecule has 0 spiro atoms. The summed E-state index contributed by atoms with van der Waals surface area (Å²) >= 11 is 5.87. The van der Waals surface area contributed by atoms with Crippen molar-refractivity contribution in [3.63, 3.8) is 0 Å². The maximum absolute atomic E-state index is 11.9. The highest BCUT2D eigenvalue weighted by Gasteiger charge is 2.17. The SMILES string of the molecule is O=C(Nc1nc(Cl)cn2c(C(=O)O)cnc12)OCc1ccccc1. The molecule has 2 heterocycles. The van der Waals surface area contributed by atoms with E-state index in [4.69, 9.17) is 21.4 Å². The zero-order chi connectivity index (χ0) is 17.1. The van der Waals surface area contributed by atoms with Crippen LogP contribution in [0.3, 0.4) is 0 Å². The van der Waals surface area contributed by atoms with E-state index in [1.54, 1.807) is 0 Å². The quantitative estimate of drug-likeness (QED) is 0.752. The van der Waals surface area contributed by atoms with Gasteiger partial charge in [0.2, 0.25) is 0 Å². The van der Waals surface area contributed by atoms with Gasteiger partial charge < -0.3 is 9.84 Å². The Kier molecular flexibility index (Phi) is 4.30. The number of anilines is 1. The Morgan fingerprint density at radius 3 is 2.75 bits per heavy atom. The second-order valence-corrected chi connectivity index (χ2v) is 5.13. The molecule has 2 N–H and O–H groups in total. The van der Waals surface area contributed by atoms with E-state index in [2.05, 4.69) is 15.3 Å². The van der Waals surface area contributed by atoms with Crippen LogP contribution in [0.2, 0.25) is 5.15 Å². The van der Waals surface area contributed by atoms with Crippen LogP contribution in [0.15, 0.2) is 42.7 Å². The number of aromatic carboxylic acids is 1. The number of fused-ring (bicyclic) bond motifs is 1. The highest BCUT2D eigenvalue weighted by Crippen LogP contribution is 2.19. The fourth-order valence-electron chi connectivity index (χ4n) is 2.06. The third-order valence-corrected chi connectivity index (χ3v) is 3.30. The maximum Gasteiger partial charge on any atom is 0.413 e. The molecule has 0 radical (unpaired) electrons. The van der Waals surface area contributed by atoms with Crippen LogP contribution in [-0.2, 0) is 11.3 Å². The lowest BCUT2D eigenvalue weighted by molar-refractivity contribution is 0.0689. The normalized spacial score (nSPS) is 10.5. The minimum absolute atomic E-state index is 0.00126. The molecule has 0 saturated carbocycles. The number of nitrogens with zero attached hydrogens (tertiary/aromatic N) is 3. The van der Waals surface area contributed by atoms with E-state index in [0.29, 0.717) is 0 Å². The van der Waals surface area contributed by atoms with Crippen molar-refractivity contribution in [3.8, 4) is 0 Å². The monoisotopic (exact) mass is 346 g/mol. The number of imidazole rings is 1. The van der Waals surface area contributed by atoms with E-state index in [0.717, 1.165) is 11.8 Å². The molecule has 0 aliphatic heterocycles. The van der Waals surface area contributed by atoms with Gasteiger partial charge in [0.15, 0.2) is 17.2 Å². The first-order valence-electron chi connectivity index (χ1n) is 6.79. The molecule has 24 heavy (non-hydrogen) atoms. The van der Waals surface area contributed by atoms with Crippen molar-refractivity contribution < 1.29 is 19.4 Å². The summed E-state index contributed by atoms with van der Waals surface area (Å²) in [5.41, 5.74) is 0.870. The van der Waals surface area contributed by atoms with E-state index in [-0.39, 0.29) is 28.9 Å². The van der Waals surface area contributed by atoms with Crippen molar-refractivity contribution in [2.75, 3.05) is 5.32 Å². The Morgan fingerprint density at radius 1 is 1.29 bits per heavy atom. The van der Waals surface area contributed by atoms with Crippen LogP contribution in [0.25, 0.3) is 5.65 Å². The van der Waals surface area contributed by atoms with E-state index in [9.17, 15) is 9.59 Å². The van der Waals surface area contributed by atoms with Crippen LogP contribution in [0.5, 0.6) is 0 Å². The van der Waals surface area contributed by atoms with Crippen LogP contribution < -0.4 is 5.32 Å². The van der Waals surface area contributed by atoms with E-state index in [1.807, 2.05) is 30.3 Å². The lowest BCUT2D eigenvalue weighted by atomic mass is 10.2. The zero-order valence-electron chi connectivity index (χ0n) is 12.1. The Hall–Kier alpha value is -3.13. The highest BCUT2D eigenvalue weighted by atomic mass is 35.5. The Bertz CT molecular complexity index is 910. The van der Waals surface area contributed by atoms with Gasteiger partial charge >= 0.3 is 12.1 Å². The Balaban J connectivity index is 1.79. The number of hydrogen-bond acceptors (Lipinski definition) is 5. The van der Waals surface area contributed by atoms with Gasteiger partial charge in [-0.15, -0.1) is 0 Å². The number of halogens is 1. The molecular weight excluding hydrogens is 336 g/mol. The summed E-state index contributed by atoms with van der Waals surface area (Å²) in [5.74, 6) is -1.17. The number of benzene rings is 1. The van der Waals surface area contributed by atoms with Gasteiger partial charge in [0.1, 0.15) is 11.8 Å². The average Bonchev–Trinajstić information content (AvgIpc) is 2.98. The van der Waals surface area contributed by atoms with Crippen LogP contribution in [-0.4, -0.2) is 31.5 Å². The Labute approximate surface area is 140 Å². The molecule has 0 atom stereocenters. The zero-order valence-corrected chi connectivity index (χ0v) is 12.9. The molecule has 3 aromatic rings. The predicted molar refractivity (Wildman–Crippen MR) is 85.2 cm³/mol. The lowest BCUT2D eigenvalue weighted by Gasteiger charge is -2.08. The minimum atomic E-state index is -1.18. The maximum atomic E-state index is 11.9. The van der Waals surface area contributed by atoms with Crippen LogP contribution in [0.1, 0.15) is 16.1 Å². The van der Waals surface area contributed by atoms with Gasteiger partial charge in [-0.05, 0) is 5.56 Å². The summed E-state index contributed by atoms with van der Waals surface area (Å²) in [6.45, 7) is 0.0817. The third-order valence-electron chi connectivity index (χ3n) is 3.12. The van der Waals surface area contributed by atoms with Crippen LogP contribution >= 0.6 is 11.6 Å². The molecule has 8 nitrogen and oxygen atoms in total. The van der Waals surface area contributed by atoms with Crippen molar-refractivity contribution in [2.45, 2.75) is 6.61 Å². The number of carboxylic acids is 1. The minimum Gasteiger partial charge on any atom is -0.477 e. The molecule has 1 amide bonds. The van der Waals surface area contributed by atoms with Gasteiger partial charge in [0.05, 0.1) is 6.20 Å². The first kappa shape index (κ1) is 15.8. The summed E-state index contributed by atoms with van der Waals surface area (Å²) in [7, 11) is 0. The summed E-state index contributed by atoms with van der Waals surface area (Å²) < 4.78 is 6.32. The van der Waals surface area contributed by atoms with E-state index < -0.39 is 12.1 Å². The topological polar surface area (TPSA) is 106 Å². The second-order valence-electron chi connectivity index (χ2n) is 4.74. The van der Waals surface area contributed by atoms with Gasteiger partial charge in [0, 0.05) is 6.20 Å². The largest absolute Gasteiger partial charge is 0.477 e. The molecule has 0 unspecified atom stereocenters. The van der Waals surface area contributed by atoms with Crippen molar-refractivity contribution in [2.24, 2.45) is 0 Å². The predicted octanol–water partition coefficient (Wildman–Crippen LogP) is 2.83. The number of ether oxygens (including phenoxy) is 1. The fourth-order valence-corrected chi connectivity index (χ4v) is 2.24. The number of rotatable bonds is 4. The van der Waals surface area contributed by atoms with Gasteiger partial charge in [-0.1, -0.05) is 41.9 Å². The van der Waals surface area contributed by atoms with Crippen molar-refractivity contribution in [3.05, 3.63) is 59.1 Å². The summed E-state index contributed by atoms with van der Waals surface area (Å²) in [6.07, 6.45) is 1.69. The molecule has 0 aliphatic rings. The van der Waals surface area contributed by atoms with Crippen molar-refractivity contribution in [1.29, 1.82) is 0 Å². The van der Waals surface area contributed by atoms with Crippen molar-refractivity contribution >= 4 is 35.1 Å². The first-order chi connectivity index (χ1) is 11.5. The molecule has 0 fully saturated rings. The number of aromatic nitrogens is 3. The number of carbonyl (C=O) groups excluding carboxylic acids is 1. The second kappa shape index (κ2) is 6.55. The van der Waals surface area contributed by atoms with Gasteiger partial charge in [-0.25, -0.2) is 19.6 Å². The molecule has 0 saturated heterocycles. The van der Waals surface area contributed by atoms with Gasteiger partial charge in [-0.3, -0.25) is 9.72 Å². The van der Waals surface area contributed by atoms with Crippen molar-refractivity contribution in [1.82, 2.24) is 14.4 Å². The number of nitrogens with one attached hydrogen (secondary N) is 1. The first-order valence-corrected chi connectivity index (χ1v) is 7.17. The number of carbonyl (C=O) groups is 2. The molecule has 0 bridgehead atoms. The number of carboxylic acid groups (broad SMARTS) is 1. The van der Waals surface area contributed by atoms with E-state index in [1.165, 1.54) is 10.6 Å².